The number of unbranched alkanes of at least 4 members (excludes halogenated alkanes) is 2. The average molecular weight is 499 g/mol. The molecule has 0 heterocycles. The van der Waals surface area contributed by atoms with E-state index in [1.807, 2.05) is 12.1 Å². The molecular formula is C29H23ClN2O4. The molecule has 0 saturated carbocycles. The number of benzene rings is 3. The van der Waals surface area contributed by atoms with Gasteiger partial charge in [0.15, 0.2) is 0 Å². The number of nitrogens with zero attached hydrogens (tertiary/aromatic N) is 2. The second-order valence-electron chi connectivity index (χ2n) is 7.93. The van der Waals surface area contributed by atoms with Crippen molar-refractivity contribution in [1.82, 2.24) is 0 Å². The van der Waals surface area contributed by atoms with Crippen LogP contribution in [0.15, 0.2) is 72.3 Å². The third-order valence-corrected chi connectivity index (χ3v) is 5.58. The standard InChI is InChI=1S/C29H23ClN2O4/c1-2-3-4-5-20-6-10-23(11-7-20)28(33)36-25-14-15-26(27(30)17-25)29(34)35-24-12-8-21(9-13-24)16-22(18-31)19-32/h6-17H,2-5H2,1H3. The van der Waals surface area contributed by atoms with Crippen molar-refractivity contribution in [3.63, 3.8) is 0 Å². The second-order valence-corrected chi connectivity index (χ2v) is 8.33. The highest BCUT2D eigenvalue weighted by molar-refractivity contribution is 6.33. The summed E-state index contributed by atoms with van der Waals surface area (Å²) in [5.41, 5.74) is 2.28. The second kappa shape index (κ2) is 12.9. The molecule has 180 valence electrons. The van der Waals surface area contributed by atoms with Crippen molar-refractivity contribution in [2.24, 2.45) is 0 Å². The van der Waals surface area contributed by atoms with Crippen molar-refractivity contribution >= 4 is 29.6 Å². The molecule has 0 N–H and O–H groups in total. The molecule has 0 amide bonds. The summed E-state index contributed by atoms with van der Waals surface area (Å²) in [6, 6.07) is 21.5. The molecule has 3 rings (SSSR count). The van der Waals surface area contributed by atoms with Crippen LogP contribution in [0.3, 0.4) is 0 Å². The van der Waals surface area contributed by atoms with Crippen LogP contribution in [0.2, 0.25) is 5.02 Å². The Morgan fingerprint density at radius 2 is 1.50 bits per heavy atom. The first-order chi connectivity index (χ1) is 17.4. The Balaban J connectivity index is 1.61. The largest absolute Gasteiger partial charge is 0.423 e. The van der Waals surface area contributed by atoms with Gasteiger partial charge in [-0.3, -0.25) is 0 Å². The van der Waals surface area contributed by atoms with E-state index in [4.69, 9.17) is 31.6 Å². The fourth-order valence-corrected chi connectivity index (χ4v) is 3.58. The van der Waals surface area contributed by atoms with E-state index in [0.717, 1.165) is 19.3 Å². The first kappa shape index (κ1) is 26.2. The number of carbonyl (C=O) groups is 2. The molecule has 3 aromatic carbocycles. The zero-order chi connectivity index (χ0) is 25.9. The van der Waals surface area contributed by atoms with Gasteiger partial charge in [-0.1, -0.05) is 55.6 Å². The summed E-state index contributed by atoms with van der Waals surface area (Å²) in [7, 11) is 0. The Kier molecular flexibility index (Phi) is 9.40. The van der Waals surface area contributed by atoms with Crippen LogP contribution in [-0.2, 0) is 6.42 Å². The molecule has 0 saturated heterocycles. The third kappa shape index (κ3) is 7.30. The number of nitriles is 2. The maximum atomic E-state index is 12.6. The molecule has 0 spiro atoms. The summed E-state index contributed by atoms with van der Waals surface area (Å²) in [5.74, 6) is -0.742. The van der Waals surface area contributed by atoms with Crippen molar-refractivity contribution in [3.8, 4) is 23.6 Å². The van der Waals surface area contributed by atoms with Gasteiger partial charge in [0.1, 0.15) is 29.2 Å². The van der Waals surface area contributed by atoms with Gasteiger partial charge in [-0.25, -0.2) is 9.59 Å². The van der Waals surface area contributed by atoms with Crippen LogP contribution in [0, 0.1) is 22.7 Å². The normalized spacial score (nSPS) is 10.0. The molecule has 0 atom stereocenters. The zero-order valence-electron chi connectivity index (χ0n) is 19.7. The Bertz CT molecular complexity index is 1330. The van der Waals surface area contributed by atoms with E-state index < -0.39 is 11.9 Å². The van der Waals surface area contributed by atoms with E-state index >= 15 is 0 Å². The molecule has 0 aliphatic carbocycles. The molecule has 0 aliphatic heterocycles. The summed E-state index contributed by atoms with van der Waals surface area (Å²) in [4.78, 5) is 25.1. The number of rotatable bonds is 9. The first-order valence-electron chi connectivity index (χ1n) is 11.4. The van der Waals surface area contributed by atoms with Gasteiger partial charge in [0.05, 0.1) is 16.1 Å². The number of hydrogen-bond donors (Lipinski definition) is 0. The van der Waals surface area contributed by atoms with Crippen molar-refractivity contribution in [3.05, 3.63) is 99.6 Å². The molecule has 0 aromatic heterocycles. The summed E-state index contributed by atoms with van der Waals surface area (Å²) >= 11 is 6.25. The smallest absolute Gasteiger partial charge is 0.345 e. The Morgan fingerprint density at radius 3 is 2.11 bits per heavy atom. The van der Waals surface area contributed by atoms with Crippen molar-refractivity contribution < 1.29 is 19.1 Å². The van der Waals surface area contributed by atoms with Crippen LogP contribution < -0.4 is 9.47 Å². The monoisotopic (exact) mass is 498 g/mol. The lowest BCUT2D eigenvalue weighted by Gasteiger charge is -2.09. The molecule has 3 aromatic rings. The Hall–Kier alpha value is -4.39. The molecule has 36 heavy (non-hydrogen) atoms. The number of allylic oxidation sites excluding steroid dienone is 1. The number of hydrogen-bond acceptors (Lipinski definition) is 6. The van der Waals surface area contributed by atoms with Crippen LogP contribution in [-0.4, -0.2) is 11.9 Å². The number of ether oxygens (including phenoxy) is 2. The van der Waals surface area contributed by atoms with E-state index in [0.29, 0.717) is 11.1 Å². The van der Waals surface area contributed by atoms with E-state index in [1.54, 1.807) is 36.4 Å². The Morgan fingerprint density at radius 1 is 0.861 bits per heavy atom. The lowest BCUT2D eigenvalue weighted by Crippen LogP contribution is -2.11. The highest BCUT2D eigenvalue weighted by Crippen LogP contribution is 2.25. The van der Waals surface area contributed by atoms with Gasteiger partial charge in [-0.2, -0.15) is 10.5 Å². The lowest BCUT2D eigenvalue weighted by atomic mass is 10.1. The van der Waals surface area contributed by atoms with Gasteiger partial charge in [0.2, 0.25) is 0 Å². The quantitative estimate of drug-likeness (QED) is 0.137. The van der Waals surface area contributed by atoms with E-state index in [-0.39, 0.29) is 27.7 Å². The molecule has 0 aliphatic rings. The van der Waals surface area contributed by atoms with Gasteiger partial charge in [-0.05, 0) is 66.4 Å². The summed E-state index contributed by atoms with van der Waals surface area (Å²) in [6.45, 7) is 2.16. The van der Waals surface area contributed by atoms with Crippen molar-refractivity contribution in [2.75, 3.05) is 0 Å². The minimum Gasteiger partial charge on any atom is -0.423 e. The van der Waals surface area contributed by atoms with E-state index in [2.05, 4.69) is 6.92 Å². The summed E-state index contributed by atoms with van der Waals surface area (Å²) in [5, 5.41) is 17.7. The number of carbonyl (C=O) groups excluding carboxylic acids is 2. The molecule has 0 fully saturated rings. The molecule has 0 unspecified atom stereocenters. The van der Waals surface area contributed by atoms with Crippen LogP contribution in [0.5, 0.6) is 11.5 Å². The molecule has 7 heteroatoms. The van der Waals surface area contributed by atoms with Gasteiger partial charge in [-0.15, -0.1) is 0 Å². The maximum Gasteiger partial charge on any atom is 0.345 e. The van der Waals surface area contributed by atoms with Crippen molar-refractivity contribution in [1.29, 1.82) is 10.5 Å². The molecular weight excluding hydrogens is 476 g/mol. The van der Waals surface area contributed by atoms with Crippen LogP contribution in [0.25, 0.3) is 6.08 Å². The highest BCUT2D eigenvalue weighted by Gasteiger charge is 2.16. The van der Waals surface area contributed by atoms with Crippen molar-refractivity contribution in [2.45, 2.75) is 32.6 Å². The van der Waals surface area contributed by atoms with Crippen LogP contribution in [0.1, 0.15) is 58.0 Å². The SMILES string of the molecule is CCCCCc1ccc(C(=O)Oc2ccc(C(=O)Oc3ccc(C=C(C#N)C#N)cc3)c(Cl)c2)cc1. The first-order valence-corrected chi connectivity index (χ1v) is 11.8. The average Bonchev–Trinajstić information content (AvgIpc) is 2.88. The van der Waals surface area contributed by atoms with Gasteiger partial charge in [0, 0.05) is 6.07 Å². The summed E-state index contributed by atoms with van der Waals surface area (Å²) in [6.07, 6.45) is 5.84. The highest BCUT2D eigenvalue weighted by atomic mass is 35.5. The fourth-order valence-electron chi connectivity index (χ4n) is 3.33. The minimum absolute atomic E-state index is 0.0354. The lowest BCUT2D eigenvalue weighted by molar-refractivity contribution is 0.0730. The maximum absolute atomic E-state index is 12.6. The van der Waals surface area contributed by atoms with E-state index in [1.165, 1.54) is 48.4 Å². The molecule has 0 bridgehead atoms. The third-order valence-electron chi connectivity index (χ3n) is 5.27. The number of halogens is 1. The zero-order valence-corrected chi connectivity index (χ0v) is 20.4. The predicted molar refractivity (Wildman–Crippen MR) is 137 cm³/mol. The topological polar surface area (TPSA) is 100 Å². The van der Waals surface area contributed by atoms with Gasteiger partial charge >= 0.3 is 11.9 Å². The number of esters is 2. The van der Waals surface area contributed by atoms with E-state index in [9.17, 15) is 9.59 Å². The molecule has 6 nitrogen and oxygen atoms in total. The molecule has 0 radical (unpaired) electrons. The van der Waals surface area contributed by atoms with Crippen LogP contribution in [0.4, 0.5) is 0 Å². The predicted octanol–water partition coefficient (Wildman–Crippen LogP) is 6.94. The van der Waals surface area contributed by atoms with Gasteiger partial charge < -0.3 is 9.47 Å². The van der Waals surface area contributed by atoms with Gasteiger partial charge in [0.25, 0.3) is 0 Å². The Labute approximate surface area is 215 Å². The van der Waals surface area contributed by atoms with Crippen LogP contribution >= 0.6 is 11.6 Å². The minimum atomic E-state index is -0.686. The summed E-state index contributed by atoms with van der Waals surface area (Å²) < 4.78 is 10.8. The fraction of sp³-hybridized carbons (Fsp3) is 0.172. The number of aryl methyl sites for hydroxylation is 1.